The number of halogens is 1. The minimum atomic E-state index is 0.664. The van der Waals surface area contributed by atoms with Gasteiger partial charge in [-0.15, -0.1) is 0 Å². The molecule has 2 heterocycles. The molecule has 0 aliphatic carbocycles. The van der Waals surface area contributed by atoms with E-state index in [1.165, 1.54) is 0 Å². The van der Waals surface area contributed by atoms with E-state index in [1.54, 1.807) is 6.07 Å². The molecular weight excluding hydrogens is 292 g/mol. The number of carbonyl (C=O) groups excluding carboxylic acids is 1. The molecule has 0 atom stereocenters. The lowest BCUT2D eigenvalue weighted by atomic mass is 10.1. The third-order valence-electron chi connectivity index (χ3n) is 2.79. The highest BCUT2D eigenvalue weighted by atomic mass is 79.9. The summed E-state index contributed by atoms with van der Waals surface area (Å²) < 4.78 is 2.98. The van der Waals surface area contributed by atoms with Crippen molar-refractivity contribution in [2.75, 3.05) is 0 Å². The normalized spacial score (nSPS) is 10.7. The quantitative estimate of drug-likeness (QED) is 0.678. The molecule has 0 unspecified atom stereocenters. The second kappa shape index (κ2) is 4.38. The van der Waals surface area contributed by atoms with Gasteiger partial charge in [0.25, 0.3) is 0 Å². The van der Waals surface area contributed by atoms with Gasteiger partial charge in [0, 0.05) is 21.8 Å². The van der Waals surface area contributed by atoms with Gasteiger partial charge in [0.15, 0.2) is 0 Å². The summed E-state index contributed by atoms with van der Waals surface area (Å²) in [5, 5.41) is 0. The molecule has 0 amide bonds. The van der Waals surface area contributed by atoms with Crippen molar-refractivity contribution in [3.63, 3.8) is 0 Å². The van der Waals surface area contributed by atoms with Crippen LogP contribution in [0, 0.1) is 0 Å². The number of pyridine rings is 1. The summed E-state index contributed by atoms with van der Waals surface area (Å²) in [5.74, 6) is 0. The van der Waals surface area contributed by atoms with Crippen molar-refractivity contribution in [1.29, 1.82) is 0 Å². The molecule has 18 heavy (non-hydrogen) atoms. The average molecular weight is 301 g/mol. The Balaban J connectivity index is 2.24. The largest absolute Gasteiger partial charge is 0.299 e. The van der Waals surface area contributed by atoms with Crippen molar-refractivity contribution in [2.24, 2.45) is 0 Å². The van der Waals surface area contributed by atoms with Crippen LogP contribution < -0.4 is 0 Å². The van der Waals surface area contributed by atoms with Gasteiger partial charge in [-0.25, -0.2) is 4.98 Å². The van der Waals surface area contributed by atoms with Gasteiger partial charge in [0.1, 0.15) is 11.9 Å². The smallest absolute Gasteiger partial charge is 0.150 e. The lowest BCUT2D eigenvalue weighted by Crippen LogP contribution is -1.89. The molecule has 0 spiro atoms. The first-order chi connectivity index (χ1) is 8.78. The number of aldehydes is 1. The second-order valence-corrected chi connectivity index (χ2v) is 4.88. The van der Waals surface area contributed by atoms with Crippen molar-refractivity contribution in [1.82, 2.24) is 9.38 Å². The van der Waals surface area contributed by atoms with Gasteiger partial charge in [-0.2, -0.15) is 0 Å². The maximum absolute atomic E-state index is 10.8. The minimum Gasteiger partial charge on any atom is -0.299 e. The zero-order valence-corrected chi connectivity index (χ0v) is 11.0. The molecular formula is C14H9BrN2O. The van der Waals surface area contributed by atoms with Gasteiger partial charge in [-0.1, -0.05) is 18.2 Å². The fraction of sp³-hybridized carbons (Fsp3) is 0. The van der Waals surface area contributed by atoms with Crippen LogP contribution in [0.3, 0.4) is 0 Å². The topological polar surface area (TPSA) is 34.4 Å². The average Bonchev–Trinajstić information content (AvgIpc) is 2.81. The number of benzene rings is 1. The molecule has 0 aliphatic heterocycles. The summed E-state index contributed by atoms with van der Waals surface area (Å²) in [6.07, 6.45) is 4.62. The maximum Gasteiger partial charge on any atom is 0.150 e. The molecule has 0 aliphatic rings. The van der Waals surface area contributed by atoms with Crippen LogP contribution in [0.4, 0.5) is 0 Å². The number of nitrogens with zero attached hydrogens (tertiary/aromatic N) is 2. The lowest BCUT2D eigenvalue weighted by molar-refractivity contribution is 0.112. The molecule has 4 heteroatoms. The van der Waals surface area contributed by atoms with Crippen LogP contribution in [0.15, 0.2) is 53.3 Å². The number of hydrogen-bond acceptors (Lipinski definition) is 2. The highest BCUT2D eigenvalue weighted by Gasteiger charge is 2.06. The van der Waals surface area contributed by atoms with Crippen molar-refractivity contribution >= 4 is 27.9 Å². The number of hydrogen-bond donors (Lipinski definition) is 0. The molecule has 0 N–H and O–H groups in total. The molecule has 1 aromatic carbocycles. The molecule has 0 saturated carbocycles. The van der Waals surface area contributed by atoms with Crippen LogP contribution in [-0.2, 0) is 0 Å². The Hall–Kier alpha value is -1.94. The summed E-state index contributed by atoms with van der Waals surface area (Å²) in [6, 6.07) is 11.4. The van der Waals surface area contributed by atoms with Gasteiger partial charge in [-0.3, -0.25) is 9.20 Å². The Kier molecular flexibility index (Phi) is 2.72. The molecule has 0 radical (unpaired) electrons. The van der Waals surface area contributed by atoms with Gasteiger partial charge in [0.05, 0.1) is 11.9 Å². The summed E-state index contributed by atoms with van der Waals surface area (Å²) in [6.45, 7) is 0. The van der Waals surface area contributed by atoms with Crippen molar-refractivity contribution in [3.8, 4) is 11.3 Å². The zero-order chi connectivity index (χ0) is 12.5. The van der Waals surface area contributed by atoms with Crippen molar-refractivity contribution in [2.45, 2.75) is 0 Å². The van der Waals surface area contributed by atoms with Crippen molar-refractivity contribution < 1.29 is 4.79 Å². The van der Waals surface area contributed by atoms with Crippen molar-refractivity contribution in [3.05, 3.63) is 58.8 Å². The second-order valence-electron chi connectivity index (χ2n) is 3.96. The molecule has 2 aromatic heterocycles. The predicted molar refractivity (Wildman–Crippen MR) is 73.7 cm³/mol. The van der Waals surface area contributed by atoms with E-state index >= 15 is 0 Å². The van der Waals surface area contributed by atoms with Crippen LogP contribution in [0.5, 0.6) is 0 Å². The number of aromatic nitrogens is 2. The summed E-state index contributed by atoms with van der Waals surface area (Å²) in [5.41, 5.74) is 3.49. The molecule has 3 nitrogen and oxygen atoms in total. The first kappa shape index (κ1) is 11.2. The molecule has 3 aromatic rings. The van der Waals surface area contributed by atoms with E-state index in [4.69, 9.17) is 0 Å². The maximum atomic E-state index is 10.8. The Morgan fingerprint density at radius 2 is 2.11 bits per heavy atom. The van der Waals surface area contributed by atoms with Crippen LogP contribution in [0.25, 0.3) is 16.9 Å². The predicted octanol–water partition coefficient (Wildman–Crippen LogP) is 3.58. The van der Waals surface area contributed by atoms with Gasteiger partial charge in [0.2, 0.25) is 0 Å². The minimum absolute atomic E-state index is 0.664. The lowest BCUT2D eigenvalue weighted by Gasteiger charge is -2.03. The van der Waals surface area contributed by atoms with E-state index in [9.17, 15) is 4.79 Å². The monoisotopic (exact) mass is 300 g/mol. The number of imidazole rings is 1. The zero-order valence-electron chi connectivity index (χ0n) is 9.38. The van der Waals surface area contributed by atoms with E-state index < -0.39 is 0 Å². The highest BCUT2D eigenvalue weighted by molar-refractivity contribution is 9.10. The Labute approximate surface area is 112 Å². The number of carbonyl (C=O) groups is 1. The van der Waals surface area contributed by atoms with Gasteiger partial charge in [-0.05, 0) is 34.1 Å². The Morgan fingerprint density at radius 3 is 2.94 bits per heavy atom. The fourth-order valence-corrected chi connectivity index (χ4v) is 2.28. The molecule has 0 bridgehead atoms. The van der Waals surface area contributed by atoms with Gasteiger partial charge < -0.3 is 0 Å². The van der Waals surface area contributed by atoms with E-state index in [2.05, 4.69) is 20.9 Å². The van der Waals surface area contributed by atoms with E-state index in [1.807, 2.05) is 47.1 Å². The van der Waals surface area contributed by atoms with E-state index in [-0.39, 0.29) is 0 Å². The first-order valence-electron chi connectivity index (χ1n) is 5.46. The number of fused-ring (bicyclic) bond motifs is 1. The van der Waals surface area contributed by atoms with Crippen LogP contribution in [0.2, 0.25) is 0 Å². The summed E-state index contributed by atoms with van der Waals surface area (Å²) >= 11 is 3.45. The van der Waals surface area contributed by atoms with E-state index in [0.29, 0.717) is 5.56 Å². The third kappa shape index (κ3) is 1.84. The van der Waals surface area contributed by atoms with Crippen LogP contribution in [-0.4, -0.2) is 15.7 Å². The summed E-state index contributed by atoms with van der Waals surface area (Å²) in [4.78, 5) is 15.2. The molecule has 3 rings (SSSR count). The standard InChI is InChI=1S/C14H9BrN2O/c15-12-4-5-14-16-7-13(17(14)8-12)11-3-1-2-10(6-11)9-18/h1-9H. The molecule has 0 saturated heterocycles. The van der Waals surface area contributed by atoms with Gasteiger partial charge >= 0.3 is 0 Å². The number of rotatable bonds is 2. The third-order valence-corrected chi connectivity index (χ3v) is 3.26. The first-order valence-corrected chi connectivity index (χ1v) is 6.25. The Bertz CT molecular complexity index is 733. The summed E-state index contributed by atoms with van der Waals surface area (Å²) in [7, 11) is 0. The molecule has 0 fully saturated rings. The fourth-order valence-electron chi connectivity index (χ4n) is 1.94. The molecule has 88 valence electrons. The van der Waals surface area contributed by atoms with Crippen LogP contribution in [0.1, 0.15) is 10.4 Å². The highest BCUT2D eigenvalue weighted by Crippen LogP contribution is 2.23. The Morgan fingerprint density at radius 1 is 1.22 bits per heavy atom. The SMILES string of the molecule is O=Cc1cccc(-c2cnc3ccc(Br)cn23)c1. The van der Waals surface area contributed by atoms with E-state index in [0.717, 1.165) is 27.7 Å². The van der Waals surface area contributed by atoms with Crippen LogP contribution >= 0.6 is 15.9 Å².